The average molecular weight is 414 g/mol. The standard InChI is InChI=1S/C23H31N3O4/c1-5-7-15-24-22(29)26(4)20-10-8-9-19(25-20)18-13-11-17(12-14-18)16-23(3,21(27)28)30-6-2/h8-14H,5-7,15-16H2,1-4H3,(H,24,29)(H,27,28). The number of unbranched alkanes of at least 4 members (excludes halogenated alkanes) is 1. The molecule has 0 aliphatic rings. The summed E-state index contributed by atoms with van der Waals surface area (Å²) in [6, 6.07) is 12.9. The van der Waals surface area contributed by atoms with Gasteiger partial charge in [-0.1, -0.05) is 43.7 Å². The molecule has 162 valence electrons. The lowest BCUT2D eigenvalue weighted by atomic mass is 9.95. The van der Waals surface area contributed by atoms with E-state index in [0.29, 0.717) is 19.0 Å². The molecule has 2 aromatic rings. The Morgan fingerprint density at radius 2 is 1.87 bits per heavy atom. The lowest BCUT2D eigenvalue weighted by Gasteiger charge is -2.24. The fourth-order valence-electron chi connectivity index (χ4n) is 3.06. The number of ether oxygens (including phenoxy) is 1. The molecule has 0 spiro atoms. The highest BCUT2D eigenvalue weighted by Gasteiger charge is 2.33. The monoisotopic (exact) mass is 413 g/mol. The summed E-state index contributed by atoms with van der Waals surface area (Å²) >= 11 is 0. The fraction of sp³-hybridized carbons (Fsp3) is 0.435. The van der Waals surface area contributed by atoms with Crippen LogP contribution >= 0.6 is 0 Å². The summed E-state index contributed by atoms with van der Waals surface area (Å²) < 4.78 is 5.45. The fourth-order valence-corrected chi connectivity index (χ4v) is 3.06. The second kappa shape index (κ2) is 10.7. The molecule has 0 saturated carbocycles. The zero-order valence-electron chi connectivity index (χ0n) is 18.1. The third-order valence-corrected chi connectivity index (χ3v) is 4.90. The molecular formula is C23H31N3O4. The van der Waals surface area contributed by atoms with Gasteiger partial charge in [0, 0.05) is 32.2 Å². The van der Waals surface area contributed by atoms with E-state index >= 15 is 0 Å². The summed E-state index contributed by atoms with van der Waals surface area (Å²) in [7, 11) is 1.69. The van der Waals surface area contributed by atoms with E-state index in [9.17, 15) is 14.7 Å². The van der Waals surface area contributed by atoms with Crippen LogP contribution in [0.25, 0.3) is 11.3 Å². The summed E-state index contributed by atoms with van der Waals surface area (Å²) in [5.41, 5.74) is 1.22. The first kappa shape index (κ1) is 23.3. The second-order valence-electron chi connectivity index (χ2n) is 7.37. The third-order valence-electron chi connectivity index (χ3n) is 4.90. The lowest BCUT2D eigenvalue weighted by Crippen LogP contribution is -2.40. The molecule has 7 nitrogen and oxygen atoms in total. The molecule has 1 atom stereocenters. The molecule has 0 aliphatic carbocycles. The summed E-state index contributed by atoms with van der Waals surface area (Å²) in [5.74, 6) is -0.427. The Bertz CT molecular complexity index is 854. The number of amides is 2. The van der Waals surface area contributed by atoms with Gasteiger partial charge in [-0.25, -0.2) is 14.6 Å². The lowest BCUT2D eigenvalue weighted by molar-refractivity contribution is -0.162. The van der Waals surface area contributed by atoms with Crippen molar-refractivity contribution in [3.05, 3.63) is 48.0 Å². The molecule has 2 amide bonds. The van der Waals surface area contributed by atoms with Crippen molar-refractivity contribution in [2.24, 2.45) is 0 Å². The number of aromatic nitrogens is 1. The number of carbonyl (C=O) groups is 2. The number of nitrogens with one attached hydrogen (secondary N) is 1. The van der Waals surface area contributed by atoms with Crippen molar-refractivity contribution in [3.63, 3.8) is 0 Å². The Kier molecular flexibility index (Phi) is 8.35. The van der Waals surface area contributed by atoms with Crippen molar-refractivity contribution in [2.75, 3.05) is 25.1 Å². The van der Waals surface area contributed by atoms with Crippen molar-refractivity contribution in [1.29, 1.82) is 0 Å². The quantitative estimate of drug-likeness (QED) is 0.572. The number of carboxylic acids is 1. The second-order valence-corrected chi connectivity index (χ2v) is 7.37. The Hall–Kier alpha value is -2.93. The van der Waals surface area contributed by atoms with Crippen molar-refractivity contribution in [1.82, 2.24) is 10.3 Å². The Balaban J connectivity index is 2.14. The predicted molar refractivity (Wildman–Crippen MR) is 118 cm³/mol. The minimum Gasteiger partial charge on any atom is -0.479 e. The van der Waals surface area contributed by atoms with E-state index in [1.54, 1.807) is 27.0 Å². The van der Waals surface area contributed by atoms with Crippen LogP contribution in [0.5, 0.6) is 0 Å². The van der Waals surface area contributed by atoms with Gasteiger partial charge in [-0.2, -0.15) is 0 Å². The molecule has 2 rings (SSSR count). The highest BCUT2D eigenvalue weighted by Crippen LogP contribution is 2.23. The molecule has 30 heavy (non-hydrogen) atoms. The number of benzene rings is 1. The number of hydrogen-bond donors (Lipinski definition) is 2. The minimum absolute atomic E-state index is 0.188. The Morgan fingerprint density at radius 3 is 2.47 bits per heavy atom. The van der Waals surface area contributed by atoms with Gasteiger partial charge in [0.1, 0.15) is 5.82 Å². The third kappa shape index (κ3) is 6.03. The zero-order valence-corrected chi connectivity index (χ0v) is 18.1. The van der Waals surface area contributed by atoms with E-state index in [1.165, 1.54) is 4.90 Å². The van der Waals surface area contributed by atoms with E-state index in [4.69, 9.17) is 4.74 Å². The number of nitrogens with zero attached hydrogens (tertiary/aromatic N) is 2. The molecule has 7 heteroatoms. The normalized spacial score (nSPS) is 12.8. The first-order chi connectivity index (χ1) is 14.3. The molecule has 0 radical (unpaired) electrons. The van der Waals surface area contributed by atoms with Gasteiger partial charge < -0.3 is 15.2 Å². The number of pyridine rings is 1. The highest BCUT2D eigenvalue weighted by molar-refractivity contribution is 5.90. The maximum absolute atomic E-state index is 12.3. The molecule has 0 fully saturated rings. The van der Waals surface area contributed by atoms with Gasteiger partial charge in [-0.3, -0.25) is 4.90 Å². The van der Waals surface area contributed by atoms with Gasteiger partial charge in [0.2, 0.25) is 0 Å². The van der Waals surface area contributed by atoms with Gasteiger partial charge in [-0.05, 0) is 38.0 Å². The SMILES string of the molecule is CCCCNC(=O)N(C)c1cccc(-c2ccc(CC(C)(OCC)C(=O)O)cc2)n1. The Morgan fingerprint density at radius 1 is 1.17 bits per heavy atom. The Labute approximate surface area is 178 Å². The smallest absolute Gasteiger partial charge is 0.336 e. The van der Waals surface area contributed by atoms with Crippen molar-refractivity contribution in [2.45, 2.75) is 45.6 Å². The maximum atomic E-state index is 12.3. The number of urea groups is 1. The molecule has 1 aromatic carbocycles. The van der Waals surface area contributed by atoms with Crippen LogP contribution in [0.3, 0.4) is 0 Å². The minimum atomic E-state index is -1.26. The van der Waals surface area contributed by atoms with Crippen LogP contribution in [-0.4, -0.2) is 47.9 Å². The summed E-state index contributed by atoms with van der Waals surface area (Å²) in [6.45, 7) is 6.41. The van der Waals surface area contributed by atoms with Crippen molar-refractivity contribution in [3.8, 4) is 11.3 Å². The summed E-state index contributed by atoms with van der Waals surface area (Å²) in [5, 5.41) is 12.4. The van der Waals surface area contributed by atoms with Gasteiger partial charge in [0.05, 0.1) is 5.69 Å². The summed E-state index contributed by atoms with van der Waals surface area (Å²) in [6.07, 6.45) is 2.22. The topological polar surface area (TPSA) is 91.8 Å². The van der Waals surface area contributed by atoms with Crippen LogP contribution < -0.4 is 10.2 Å². The van der Waals surface area contributed by atoms with Gasteiger partial charge >= 0.3 is 12.0 Å². The number of carboxylic acid groups (broad SMARTS) is 1. The number of carbonyl (C=O) groups excluding carboxylic acids is 1. The number of anilines is 1. The largest absolute Gasteiger partial charge is 0.479 e. The van der Waals surface area contributed by atoms with Crippen LogP contribution in [0.2, 0.25) is 0 Å². The zero-order chi connectivity index (χ0) is 22.1. The number of rotatable bonds is 10. The molecule has 1 aromatic heterocycles. The predicted octanol–water partition coefficient (Wildman–Crippen LogP) is 4.12. The first-order valence-electron chi connectivity index (χ1n) is 10.3. The van der Waals surface area contributed by atoms with Crippen molar-refractivity contribution >= 4 is 17.8 Å². The van der Waals surface area contributed by atoms with Gasteiger partial charge in [0.25, 0.3) is 0 Å². The molecule has 0 bridgehead atoms. The van der Waals surface area contributed by atoms with E-state index < -0.39 is 11.6 Å². The van der Waals surface area contributed by atoms with Crippen LogP contribution in [0.1, 0.15) is 39.2 Å². The summed E-state index contributed by atoms with van der Waals surface area (Å²) in [4.78, 5) is 29.9. The van der Waals surface area contributed by atoms with E-state index in [1.807, 2.05) is 36.4 Å². The molecule has 2 N–H and O–H groups in total. The number of aliphatic carboxylic acids is 1. The van der Waals surface area contributed by atoms with E-state index in [0.717, 1.165) is 29.7 Å². The maximum Gasteiger partial charge on any atom is 0.336 e. The molecule has 1 unspecified atom stereocenters. The van der Waals surface area contributed by atoms with Crippen LogP contribution in [-0.2, 0) is 16.0 Å². The molecule has 1 heterocycles. The number of hydrogen-bond acceptors (Lipinski definition) is 4. The molecular weight excluding hydrogens is 382 g/mol. The van der Waals surface area contributed by atoms with Crippen molar-refractivity contribution < 1.29 is 19.4 Å². The van der Waals surface area contributed by atoms with Gasteiger partial charge in [-0.15, -0.1) is 0 Å². The van der Waals surface area contributed by atoms with Gasteiger partial charge in [0.15, 0.2) is 5.60 Å². The molecule has 0 aliphatic heterocycles. The van der Waals surface area contributed by atoms with Crippen LogP contribution in [0.4, 0.5) is 10.6 Å². The van der Waals surface area contributed by atoms with E-state index in [-0.39, 0.29) is 12.5 Å². The average Bonchev–Trinajstić information content (AvgIpc) is 2.74. The highest BCUT2D eigenvalue weighted by atomic mass is 16.5. The first-order valence-corrected chi connectivity index (χ1v) is 10.3. The van der Waals surface area contributed by atoms with E-state index in [2.05, 4.69) is 17.2 Å². The van der Waals surface area contributed by atoms with Crippen LogP contribution in [0.15, 0.2) is 42.5 Å². The van der Waals surface area contributed by atoms with Crippen LogP contribution in [0, 0.1) is 0 Å². The molecule has 0 saturated heterocycles.